The fraction of sp³-hybridized carbons (Fsp3) is 0.444. The number of carbonyl (C=O) groups is 3. The fourth-order valence-corrected chi connectivity index (χ4v) is 7.98. The number of ketones is 1. The molecule has 0 aromatic carbocycles. The van der Waals surface area contributed by atoms with Gasteiger partial charge in [-0.1, -0.05) is 114 Å². The maximum atomic E-state index is 14.2. The molecule has 5 heterocycles. The minimum atomic E-state index is -1.21. The molecule has 1 unspecified atom stereocenters. The van der Waals surface area contributed by atoms with Crippen LogP contribution in [0.3, 0.4) is 0 Å². The Morgan fingerprint density at radius 2 is 1.66 bits per heavy atom. The molecule has 56 heavy (non-hydrogen) atoms. The van der Waals surface area contributed by atoms with E-state index in [1.807, 2.05) is 52.0 Å². The predicted octanol–water partition coefficient (Wildman–Crippen LogP) is 5.43. The third kappa shape index (κ3) is 8.44. The number of hydrogen-bond donors (Lipinski definition) is 1. The summed E-state index contributed by atoms with van der Waals surface area (Å²) in [6, 6.07) is -0.643. The van der Waals surface area contributed by atoms with Crippen LogP contribution in [0.5, 0.6) is 0 Å². The van der Waals surface area contributed by atoms with E-state index >= 15 is 0 Å². The van der Waals surface area contributed by atoms with Crippen molar-refractivity contribution in [3.8, 4) is 0 Å². The number of Topliss-reactive ketones (excluding diaryl/α,β-unsaturated/α-hetero) is 1. The molecule has 0 radical (unpaired) electrons. The van der Waals surface area contributed by atoms with E-state index in [0.717, 1.165) is 41.5 Å². The van der Waals surface area contributed by atoms with Gasteiger partial charge in [0.1, 0.15) is 12.5 Å². The van der Waals surface area contributed by atoms with Crippen LogP contribution in [0.25, 0.3) is 41.5 Å². The van der Waals surface area contributed by atoms with Crippen molar-refractivity contribution in [1.29, 1.82) is 0 Å². The van der Waals surface area contributed by atoms with Gasteiger partial charge in [0.25, 0.3) is 0 Å². The Morgan fingerprint density at radius 1 is 0.964 bits per heavy atom. The van der Waals surface area contributed by atoms with Gasteiger partial charge in [0, 0.05) is 12.0 Å². The molecule has 1 N–H and O–H groups in total. The molecule has 4 atom stereocenters. The second-order valence-electron chi connectivity index (χ2n) is 13.9. The van der Waals surface area contributed by atoms with E-state index in [2.05, 4.69) is 20.4 Å². The van der Waals surface area contributed by atoms with Gasteiger partial charge >= 0.3 is 35.0 Å². The molecule has 0 spiro atoms. The van der Waals surface area contributed by atoms with Crippen molar-refractivity contribution in [3.05, 3.63) is 95.4 Å². The van der Waals surface area contributed by atoms with Gasteiger partial charge in [-0.25, -0.2) is 0 Å². The molecule has 1 fully saturated rings. The fourth-order valence-electron chi connectivity index (χ4n) is 7.98. The summed E-state index contributed by atoms with van der Waals surface area (Å²) >= 11 is 0. The molecule has 6 rings (SSSR count). The smallest absolute Gasteiger partial charge is 0.681 e. The van der Waals surface area contributed by atoms with Crippen molar-refractivity contribution in [3.63, 3.8) is 0 Å². The first kappa shape index (κ1) is 47.7. The number of fused-ring (bicyclic) bond motifs is 8. The second-order valence-corrected chi connectivity index (χ2v) is 13.9. The van der Waals surface area contributed by atoms with Crippen molar-refractivity contribution < 1.29 is 29.0 Å². The molecule has 0 saturated carbocycles. The zero-order chi connectivity index (χ0) is 37.4. The largest absolute Gasteiger partial charge is 2.00 e. The number of methoxy groups -OCH3 is 1. The third-order valence-electron chi connectivity index (χ3n) is 10.9. The van der Waals surface area contributed by atoms with Gasteiger partial charge in [-0.3, -0.25) is 14.4 Å². The Morgan fingerprint density at radius 3 is 2.29 bits per heavy atom. The van der Waals surface area contributed by atoms with Crippen LogP contribution in [-0.4, -0.2) is 65.6 Å². The third-order valence-corrected chi connectivity index (χ3v) is 10.9. The summed E-state index contributed by atoms with van der Waals surface area (Å²) in [4.78, 5) is 55.6. The maximum Gasteiger partial charge on any atom is 2.00 e. The number of esters is 2. The topological polar surface area (TPSA) is 146 Å². The number of ether oxygens (including phenoxy) is 2. The first-order valence-electron chi connectivity index (χ1n) is 18.0. The molecule has 3 aromatic heterocycles. The van der Waals surface area contributed by atoms with E-state index in [-0.39, 0.29) is 81.9 Å². The number of rotatable bonds is 10. The SMILES string of the molecule is C.C.C.C=Cc1c2[n-]c(c1C)/C=C1\[N-]C(C3=c4[n-]/c(c(C)c4C(=O)[C@@H]3C(=O)OC)=C\c3[n-]c(/c(=C\O)c3CC)=C\2)[C@@H](CCC(=O)OC/C=C(\C)CCC)[C@@H]1C.[Mg+2]. The Hall–Kier alpha value is -4.48. The van der Waals surface area contributed by atoms with Crippen LogP contribution in [0, 0.1) is 31.6 Å². The summed E-state index contributed by atoms with van der Waals surface area (Å²) in [5.74, 6) is -3.03. The van der Waals surface area contributed by atoms with Gasteiger partial charge in [0.2, 0.25) is 0 Å². The van der Waals surface area contributed by atoms with Gasteiger partial charge in [-0.05, 0) is 68.7 Å². The zero-order valence-electron chi connectivity index (χ0n) is 31.7. The summed E-state index contributed by atoms with van der Waals surface area (Å²) in [6.07, 6.45) is 13.5. The minimum Gasteiger partial charge on any atom is -0.681 e. The van der Waals surface area contributed by atoms with Gasteiger partial charge < -0.3 is 34.8 Å². The number of aromatic nitrogens is 3. The normalized spacial score (nSPS) is 21.7. The Bertz CT molecular complexity index is 2280. The van der Waals surface area contributed by atoms with Gasteiger partial charge in [0.05, 0.1) is 13.4 Å². The van der Waals surface area contributed by atoms with E-state index in [4.69, 9.17) is 29.7 Å². The van der Waals surface area contributed by atoms with Crippen LogP contribution < -0.4 is 36.2 Å². The number of aliphatic hydroxyl groups is 1. The molecule has 298 valence electrons. The van der Waals surface area contributed by atoms with Crippen LogP contribution in [0.4, 0.5) is 0 Å². The molecule has 3 aliphatic rings. The predicted molar refractivity (Wildman–Crippen MR) is 227 cm³/mol. The quantitative estimate of drug-likeness (QED) is 0.123. The van der Waals surface area contributed by atoms with Crippen LogP contribution in [-0.2, 0) is 25.5 Å². The van der Waals surface area contributed by atoms with Crippen molar-refractivity contribution in [2.45, 2.75) is 102 Å². The molecule has 11 heteroatoms. The van der Waals surface area contributed by atoms with Crippen LogP contribution >= 0.6 is 0 Å². The average Bonchev–Trinajstić information content (AvgIpc) is 3.87. The van der Waals surface area contributed by atoms with Crippen LogP contribution in [0.1, 0.15) is 125 Å². The molecule has 3 aromatic rings. The monoisotopic (exact) mass is 774 g/mol. The van der Waals surface area contributed by atoms with Crippen molar-refractivity contribution in [2.75, 3.05) is 13.7 Å². The minimum absolute atomic E-state index is 0. The van der Waals surface area contributed by atoms with Gasteiger partial charge in [-0.15, -0.1) is 33.1 Å². The first-order chi connectivity index (χ1) is 25.0. The molecule has 1 aliphatic carbocycles. The molecular weight excluding hydrogens is 717 g/mol. The van der Waals surface area contributed by atoms with Crippen molar-refractivity contribution in [1.82, 2.24) is 15.0 Å². The van der Waals surface area contributed by atoms with E-state index in [1.165, 1.54) is 12.7 Å². The summed E-state index contributed by atoms with van der Waals surface area (Å²) < 4.78 is 10.8. The molecule has 1 saturated heterocycles. The molecule has 8 bridgehead atoms. The average molecular weight is 775 g/mol. The summed E-state index contributed by atoms with van der Waals surface area (Å²) in [7, 11) is 1.27. The van der Waals surface area contributed by atoms with Crippen molar-refractivity contribution >= 4 is 76.9 Å². The standard InChI is InChI=1S/C42H46N4O6.3CH4.Mg/c1-9-12-21(4)15-16-52-35(48)14-13-27-23(6)30-17-29-22(5)25(10-2)32(43-29)19-34-28(20-47)26(11-3)33(44-34)18-31-24(7)36-40(46-31)37(39(27)45-30)38(41(36)49)42(50)51-8;;;;/h10,15,17-20,23,27,38-39H,2,9,11-14,16H2,1,3-8H3,(H,47,49);3*1H4;/q-4;;;;+2/b21-15+,30-17-,34-19-;;;;/t23-,27-,38+,39?;;;;/m0..../s1. The van der Waals surface area contributed by atoms with Crippen LogP contribution in [0.15, 0.2) is 23.9 Å². The van der Waals surface area contributed by atoms with Gasteiger partial charge in [-0.2, -0.15) is 5.70 Å². The summed E-state index contributed by atoms with van der Waals surface area (Å²) in [5, 5.41) is 17.7. The van der Waals surface area contributed by atoms with E-state index in [0.29, 0.717) is 67.9 Å². The molecule has 2 aliphatic heterocycles. The van der Waals surface area contributed by atoms with Crippen molar-refractivity contribution in [2.24, 2.45) is 17.8 Å². The second kappa shape index (κ2) is 19.6. The molecule has 0 amide bonds. The number of nitrogens with zero attached hydrogens (tertiary/aromatic N) is 4. The number of carbonyl (C=O) groups excluding carboxylic acids is 3. The number of hydrogen-bond acceptors (Lipinski definition) is 6. The number of allylic oxidation sites excluding steroid dienone is 2. The Balaban J connectivity index is 0.00000271. The first-order valence-corrected chi connectivity index (χ1v) is 18.0. The molecule has 10 nitrogen and oxygen atoms in total. The van der Waals surface area contributed by atoms with Crippen LogP contribution in [0.2, 0.25) is 0 Å². The zero-order valence-corrected chi connectivity index (χ0v) is 33.1. The van der Waals surface area contributed by atoms with E-state index in [9.17, 15) is 19.5 Å². The summed E-state index contributed by atoms with van der Waals surface area (Å²) in [6.45, 7) is 16.2. The summed E-state index contributed by atoms with van der Waals surface area (Å²) in [5.41, 5.74) is 7.89. The van der Waals surface area contributed by atoms with E-state index < -0.39 is 17.9 Å². The number of aliphatic hydroxyl groups excluding tert-OH is 1. The maximum absolute atomic E-state index is 14.2. The molecular formula is C45H58MgN4O6-2. The van der Waals surface area contributed by atoms with E-state index in [1.54, 1.807) is 6.08 Å². The van der Waals surface area contributed by atoms with Gasteiger partial charge in [0.15, 0.2) is 5.78 Å². The Kier molecular flexibility index (Phi) is 16.7. The Labute approximate surface area is 348 Å².